The summed E-state index contributed by atoms with van der Waals surface area (Å²) in [4.78, 5) is 0. The zero-order valence-corrected chi connectivity index (χ0v) is 17.5. The van der Waals surface area contributed by atoms with Crippen LogP contribution in [-0.4, -0.2) is 28.6 Å². The summed E-state index contributed by atoms with van der Waals surface area (Å²) in [5.74, 6) is 2.34. The summed E-state index contributed by atoms with van der Waals surface area (Å²) in [5, 5.41) is 10.0. The molecule has 0 spiro atoms. The lowest BCUT2D eigenvalue weighted by atomic mass is 10.1. The van der Waals surface area contributed by atoms with Gasteiger partial charge >= 0.3 is 0 Å². The monoisotopic (exact) mass is 416 g/mol. The smallest absolute Gasteiger partial charge is 0.212 e. The van der Waals surface area contributed by atoms with Crippen LogP contribution in [0.4, 0.5) is 0 Å². The van der Waals surface area contributed by atoms with Gasteiger partial charge in [-0.25, -0.2) is 4.68 Å². The standard InChI is InChI=1S/C20H21ClN4O2S/c1-4-12-10-14(17(26-3)11-16(12)27-5-2)19-24-25-18(22-23-20(25)28-19)13-8-6-7-9-15(13)21/h6-11,19,24H,4-5H2,1-3H3. The van der Waals surface area contributed by atoms with Gasteiger partial charge in [0.15, 0.2) is 5.82 Å². The number of ether oxygens (including phenoxy) is 2. The van der Waals surface area contributed by atoms with Gasteiger partial charge in [0.2, 0.25) is 5.16 Å². The third kappa shape index (κ3) is 3.29. The van der Waals surface area contributed by atoms with Crippen molar-refractivity contribution in [2.24, 2.45) is 0 Å². The molecule has 0 fully saturated rings. The van der Waals surface area contributed by atoms with Crippen LogP contribution in [0.3, 0.4) is 0 Å². The average Bonchev–Trinajstić information content (AvgIpc) is 3.29. The zero-order valence-electron chi connectivity index (χ0n) is 15.9. The molecule has 28 heavy (non-hydrogen) atoms. The summed E-state index contributed by atoms with van der Waals surface area (Å²) in [6, 6.07) is 11.7. The third-order valence-electron chi connectivity index (χ3n) is 4.59. The number of methoxy groups -OCH3 is 1. The molecule has 1 atom stereocenters. The number of hydrogen-bond acceptors (Lipinski definition) is 6. The first-order chi connectivity index (χ1) is 13.7. The highest BCUT2D eigenvalue weighted by atomic mass is 35.5. The number of hydrogen-bond donors (Lipinski definition) is 1. The van der Waals surface area contributed by atoms with Crippen LogP contribution in [-0.2, 0) is 6.42 Å². The highest BCUT2D eigenvalue weighted by Gasteiger charge is 2.31. The quantitative estimate of drug-likeness (QED) is 0.615. The highest BCUT2D eigenvalue weighted by Crippen LogP contribution is 2.45. The number of rotatable bonds is 6. The van der Waals surface area contributed by atoms with Crippen LogP contribution >= 0.6 is 23.4 Å². The second-order valence-electron chi connectivity index (χ2n) is 6.24. The number of benzene rings is 2. The van der Waals surface area contributed by atoms with Crippen molar-refractivity contribution in [2.45, 2.75) is 30.8 Å². The van der Waals surface area contributed by atoms with Crippen molar-refractivity contribution in [1.82, 2.24) is 14.9 Å². The Kier molecular flexibility index (Phi) is 5.37. The predicted octanol–water partition coefficient (Wildman–Crippen LogP) is 4.92. The molecule has 8 heteroatoms. The number of nitrogens with zero attached hydrogens (tertiary/aromatic N) is 3. The van der Waals surface area contributed by atoms with Crippen molar-refractivity contribution < 1.29 is 9.47 Å². The molecule has 6 nitrogen and oxygen atoms in total. The van der Waals surface area contributed by atoms with E-state index >= 15 is 0 Å². The Morgan fingerprint density at radius 3 is 2.71 bits per heavy atom. The van der Waals surface area contributed by atoms with Gasteiger partial charge in [0.1, 0.15) is 16.9 Å². The normalized spacial score (nSPS) is 15.2. The zero-order chi connectivity index (χ0) is 19.7. The van der Waals surface area contributed by atoms with Gasteiger partial charge in [0, 0.05) is 17.2 Å². The average molecular weight is 417 g/mol. The van der Waals surface area contributed by atoms with E-state index in [2.05, 4.69) is 28.6 Å². The van der Waals surface area contributed by atoms with Crippen LogP contribution in [0.15, 0.2) is 41.6 Å². The second kappa shape index (κ2) is 7.93. The largest absolute Gasteiger partial charge is 0.496 e. The lowest BCUT2D eigenvalue weighted by Gasteiger charge is -2.19. The van der Waals surface area contributed by atoms with E-state index in [1.54, 1.807) is 18.9 Å². The summed E-state index contributed by atoms with van der Waals surface area (Å²) >= 11 is 7.95. The lowest BCUT2D eigenvalue weighted by Crippen LogP contribution is -2.15. The fourth-order valence-electron chi connectivity index (χ4n) is 3.23. The van der Waals surface area contributed by atoms with Crippen LogP contribution < -0.4 is 14.9 Å². The van der Waals surface area contributed by atoms with E-state index in [-0.39, 0.29) is 5.37 Å². The van der Waals surface area contributed by atoms with E-state index in [9.17, 15) is 0 Å². The SMILES string of the molecule is CCOc1cc(OC)c(C2Nn3c(nnc3-c3ccccc3Cl)S2)cc1CC. The van der Waals surface area contributed by atoms with Gasteiger partial charge in [0.05, 0.1) is 18.7 Å². The van der Waals surface area contributed by atoms with Crippen LogP contribution in [0.1, 0.15) is 30.3 Å². The first-order valence-corrected chi connectivity index (χ1v) is 10.4. The fourth-order valence-corrected chi connectivity index (χ4v) is 4.47. The highest BCUT2D eigenvalue weighted by molar-refractivity contribution is 7.99. The summed E-state index contributed by atoms with van der Waals surface area (Å²) < 4.78 is 13.3. The van der Waals surface area contributed by atoms with Crippen LogP contribution in [0.5, 0.6) is 11.5 Å². The molecule has 1 N–H and O–H groups in total. The van der Waals surface area contributed by atoms with Gasteiger partial charge in [-0.05, 0) is 37.1 Å². The summed E-state index contributed by atoms with van der Waals surface area (Å²) in [7, 11) is 1.68. The first kappa shape index (κ1) is 19.0. The second-order valence-corrected chi connectivity index (χ2v) is 7.72. The van der Waals surface area contributed by atoms with E-state index < -0.39 is 0 Å². The Bertz CT molecular complexity index is 1010. The minimum atomic E-state index is -0.0531. The van der Waals surface area contributed by atoms with E-state index in [0.29, 0.717) is 17.5 Å². The molecule has 0 saturated carbocycles. The van der Waals surface area contributed by atoms with Crippen molar-refractivity contribution in [3.63, 3.8) is 0 Å². The Morgan fingerprint density at radius 1 is 1.18 bits per heavy atom. The van der Waals surface area contributed by atoms with Crippen molar-refractivity contribution in [2.75, 3.05) is 19.1 Å². The molecule has 0 saturated heterocycles. The Labute approximate surface area is 173 Å². The van der Waals surface area contributed by atoms with Crippen LogP contribution in [0.25, 0.3) is 11.4 Å². The summed E-state index contributed by atoms with van der Waals surface area (Å²) in [6.45, 7) is 4.72. The van der Waals surface area contributed by atoms with Crippen molar-refractivity contribution in [3.8, 4) is 22.9 Å². The molecule has 0 amide bonds. The molecule has 1 aliphatic heterocycles. The minimum absolute atomic E-state index is 0.0531. The summed E-state index contributed by atoms with van der Waals surface area (Å²) in [6.07, 6.45) is 0.876. The van der Waals surface area contributed by atoms with Crippen LogP contribution in [0.2, 0.25) is 5.02 Å². The minimum Gasteiger partial charge on any atom is -0.496 e. The number of aryl methyl sites for hydroxylation is 1. The van der Waals surface area contributed by atoms with Gasteiger partial charge < -0.3 is 14.9 Å². The number of aromatic nitrogens is 3. The maximum Gasteiger partial charge on any atom is 0.212 e. The summed E-state index contributed by atoms with van der Waals surface area (Å²) in [5.41, 5.74) is 6.51. The molecule has 0 radical (unpaired) electrons. The number of halogens is 1. The van der Waals surface area contributed by atoms with Crippen molar-refractivity contribution in [3.05, 3.63) is 52.5 Å². The number of thioether (sulfide) groups is 1. The molecule has 1 unspecified atom stereocenters. The number of nitrogens with one attached hydrogen (secondary N) is 1. The Morgan fingerprint density at radius 2 is 2.00 bits per heavy atom. The van der Waals surface area contributed by atoms with Gasteiger partial charge in [-0.2, -0.15) is 0 Å². The Hall–Kier alpha value is -2.38. The fraction of sp³-hybridized carbons (Fsp3) is 0.300. The van der Waals surface area contributed by atoms with Gasteiger partial charge in [-0.15, -0.1) is 10.2 Å². The molecule has 1 aromatic heterocycles. The van der Waals surface area contributed by atoms with Gasteiger partial charge in [0.25, 0.3) is 0 Å². The molecule has 0 aliphatic carbocycles. The van der Waals surface area contributed by atoms with Crippen molar-refractivity contribution >= 4 is 23.4 Å². The molecule has 1 aliphatic rings. The predicted molar refractivity (Wildman–Crippen MR) is 112 cm³/mol. The van der Waals surface area contributed by atoms with E-state index in [0.717, 1.165) is 39.8 Å². The molecule has 4 rings (SSSR count). The third-order valence-corrected chi connectivity index (χ3v) is 5.99. The number of fused-ring (bicyclic) bond motifs is 1. The molecule has 0 bridgehead atoms. The molecular weight excluding hydrogens is 396 g/mol. The van der Waals surface area contributed by atoms with Crippen molar-refractivity contribution in [1.29, 1.82) is 0 Å². The maximum absolute atomic E-state index is 6.36. The molecule has 146 valence electrons. The van der Waals surface area contributed by atoms with Gasteiger partial charge in [-0.3, -0.25) is 0 Å². The molecule has 2 aromatic carbocycles. The first-order valence-electron chi connectivity index (χ1n) is 9.13. The topological polar surface area (TPSA) is 61.2 Å². The van der Waals surface area contributed by atoms with Gasteiger partial charge in [-0.1, -0.05) is 42.4 Å². The van der Waals surface area contributed by atoms with E-state index in [1.165, 1.54) is 0 Å². The molecule has 3 aromatic rings. The van der Waals surface area contributed by atoms with Crippen LogP contribution in [0, 0.1) is 0 Å². The molecule has 2 heterocycles. The molecular formula is C20H21ClN4O2S. The lowest BCUT2D eigenvalue weighted by molar-refractivity contribution is 0.332. The Balaban J connectivity index is 1.70. The van der Waals surface area contributed by atoms with E-state index in [1.807, 2.05) is 41.9 Å². The van der Waals surface area contributed by atoms with E-state index in [4.69, 9.17) is 21.1 Å². The maximum atomic E-state index is 6.36.